The monoisotopic (exact) mass is 399 g/mol. The number of benzene rings is 3. The molecule has 0 amide bonds. The van der Waals surface area contributed by atoms with E-state index in [0.29, 0.717) is 5.56 Å². The Bertz CT molecular complexity index is 1250. The molecule has 152 valence electrons. The topological polar surface area (TPSA) is 48.4 Å². The molecule has 0 unspecified atom stereocenters. The molecule has 1 aromatic heterocycles. The van der Waals surface area contributed by atoms with E-state index in [1.54, 1.807) is 0 Å². The number of rotatable bonds is 4. The van der Waals surface area contributed by atoms with E-state index in [-0.39, 0.29) is 12.1 Å². The predicted molar refractivity (Wildman–Crippen MR) is 121 cm³/mol. The quantitative estimate of drug-likeness (QED) is 0.301. The molecule has 0 saturated heterocycles. The summed E-state index contributed by atoms with van der Waals surface area (Å²) in [7, 11) is 1.40. The van der Waals surface area contributed by atoms with Crippen LogP contribution >= 0.6 is 0 Å². The number of ether oxygens (including phenoxy) is 2. The molecule has 1 heterocycles. The summed E-state index contributed by atoms with van der Waals surface area (Å²) in [6.07, 6.45) is 0.0853. The molecule has 0 N–H and O–H groups in total. The number of methoxy groups -OCH3 is 1. The minimum Gasteiger partial charge on any atom is -0.491 e. The smallest absolute Gasteiger partial charge is 0.337 e. The Morgan fingerprint density at radius 2 is 1.53 bits per heavy atom. The van der Waals surface area contributed by atoms with Crippen molar-refractivity contribution in [3.8, 4) is 16.9 Å². The van der Waals surface area contributed by atoms with Gasteiger partial charge < -0.3 is 9.47 Å². The number of carbonyl (C=O) groups excluding carboxylic acids is 1. The highest BCUT2D eigenvalue weighted by Crippen LogP contribution is 2.40. The molecule has 0 bridgehead atoms. The van der Waals surface area contributed by atoms with E-state index in [0.717, 1.165) is 49.8 Å². The number of aryl methyl sites for hydroxylation is 2. The Hall–Kier alpha value is -3.40. The molecule has 0 saturated carbocycles. The summed E-state index contributed by atoms with van der Waals surface area (Å²) in [5.74, 6) is 0.488. The number of aromatic nitrogens is 1. The number of hydrogen-bond acceptors (Lipinski definition) is 4. The number of pyridine rings is 1. The van der Waals surface area contributed by atoms with Crippen molar-refractivity contribution >= 4 is 27.8 Å². The van der Waals surface area contributed by atoms with Gasteiger partial charge in [0.05, 0.1) is 29.8 Å². The maximum Gasteiger partial charge on any atom is 0.337 e. The van der Waals surface area contributed by atoms with Crippen molar-refractivity contribution in [1.82, 2.24) is 4.98 Å². The van der Waals surface area contributed by atoms with Crippen LogP contribution in [0.5, 0.6) is 5.75 Å². The number of nitrogens with zero attached hydrogens (tertiary/aromatic N) is 1. The van der Waals surface area contributed by atoms with Crippen LogP contribution in [-0.4, -0.2) is 24.2 Å². The van der Waals surface area contributed by atoms with Gasteiger partial charge in [0, 0.05) is 16.3 Å². The molecular formula is C26H25NO3. The van der Waals surface area contributed by atoms with Crippen LogP contribution in [0.25, 0.3) is 32.9 Å². The lowest BCUT2D eigenvalue weighted by Crippen LogP contribution is -2.05. The van der Waals surface area contributed by atoms with Crippen molar-refractivity contribution in [2.24, 2.45) is 0 Å². The lowest BCUT2D eigenvalue weighted by molar-refractivity contribution is 0.0600. The van der Waals surface area contributed by atoms with Crippen molar-refractivity contribution < 1.29 is 14.3 Å². The molecule has 0 aliphatic heterocycles. The number of para-hydroxylation sites is 1. The highest BCUT2D eigenvalue weighted by Gasteiger charge is 2.18. The molecule has 4 rings (SSSR count). The van der Waals surface area contributed by atoms with E-state index in [4.69, 9.17) is 14.5 Å². The fourth-order valence-corrected chi connectivity index (χ4v) is 4.08. The summed E-state index contributed by atoms with van der Waals surface area (Å²) >= 11 is 0. The lowest BCUT2D eigenvalue weighted by Gasteiger charge is -2.18. The third-order valence-corrected chi connectivity index (χ3v) is 5.23. The molecule has 0 fully saturated rings. The van der Waals surface area contributed by atoms with E-state index >= 15 is 0 Å². The largest absolute Gasteiger partial charge is 0.491 e. The molecule has 4 nitrogen and oxygen atoms in total. The Balaban J connectivity index is 2.08. The minimum atomic E-state index is -0.329. The van der Waals surface area contributed by atoms with E-state index in [9.17, 15) is 4.79 Å². The highest BCUT2D eigenvalue weighted by atomic mass is 16.5. The first-order valence-electron chi connectivity index (χ1n) is 10.1. The van der Waals surface area contributed by atoms with Crippen LogP contribution in [0.3, 0.4) is 0 Å². The average molecular weight is 399 g/mol. The minimum absolute atomic E-state index is 0.0853. The van der Waals surface area contributed by atoms with Gasteiger partial charge in [0.15, 0.2) is 0 Å². The van der Waals surface area contributed by atoms with Gasteiger partial charge in [-0.05, 0) is 80.8 Å². The normalized spacial score (nSPS) is 11.3. The lowest BCUT2D eigenvalue weighted by atomic mass is 9.89. The summed E-state index contributed by atoms with van der Waals surface area (Å²) in [5, 5.41) is 2.10. The van der Waals surface area contributed by atoms with Crippen molar-refractivity contribution in [3.05, 3.63) is 71.3 Å². The van der Waals surface area contributed by atoms with Gasteiger partial charge in [0.25, 0.3) is 0 Å². The summed E-state index contributed by atoms with van der Waals surface area (Å²) in [5.41, 5.74) is 6.66. The van der Waals surface area contributed by atoms with E-state index in [1.807, 2.05) is 70.2 Å². The molecule has 4 heteroatoms. The highest BCUT2D eigenvalue weighted by molar-refractivity contribution is 6.11. The molecule has 0 aliphatic carbocycles. The van der Waals surface area contributed by atoms with Gasteiger partial charge in [-0.1, -0.05) is 18.2 Å². The standard InChI is InChI=1S/C26H25NO3/c1-15(2)30-19-10-11-23-21(14-19)25(20-8-6-7-9-22(20)27-23)24-16(3)12-18(13-17(24)4)26(28)29-5/h6-15H,1-5H3. The first-order valence-corrected chi connectivity index (χ1v) is 10.1. The Labute approximate surface area is 176 Å². The Morgan fingerprint density at radius 3 is 2.20 bits per heavy atom. The molecule has 0 radical (unpaired) electrons. The van der Waals surface area contributed by atoms with E-state index in [2.05, 4.69) is 12.1 Å². The second-order valence-corrected chi connectivity index (χ2v) is 7.83. The molecule has 3 aromatic carbocycles. The average Bonchev–Trinajstić information content (AvgIpc) is 2.71. The van der Waals surface area contributed by atoms with Crippen molar-refractivity contribution in [2.75, 3.05) is 7.11 Å². The van der Waals surface area contributed by atoms with Crippen LogP contribution in [0, 0.1) is 13.8 Å². The summed E-state index contributed by atoms with van der Waals surface area (Å²) in [6, 6.07) is 18.0. The maximum absolute atomic E-state index is 12.1. The van der Waals surface area contributed by atoms with Gasteiger partial charge in [-0.2, -0.15) is 0 Å². The van der Waals surface area contributed by atoms with Crippen LogP contribution < -0.4 is 4.74 Å². The second-order valence-electron chi connectivity index (χ2n) is 7.83. The van der Waals surface area contributed by atoms with Gasteiger partial charge in [-0.25, -0.2) is 9.78 Å². The second kappa shape index (κ2) is 7.79. The zero-order valence-electron chi connectivity index (χ0n) is 17.9. The molecule has 0 atom stereocenters. The molecule has 4 aromatic rings. The number of fused-ring (bicyclic) bond motifs is 2. The number of esters is 1. The third kappa shape index (κ3) is 3.50. The van der Waals surface area contributed by atoms with Crippen LogP contribution in [0.2, 0.25) is 0 Å². The summed E-state index contributed by atoms with van der Waals surface area (Å²) < 4.78 is 10.9. The predicted octanol–water partition coefficient (Wildman–Crippen LogP) is 6.25. The Morgan fingerprint density at radius 1 is 0.867 bits per heavy atom. The van der Waals surface area contributed by atoms with Crippen LogP contribution in [0.1, 0.15) is 35.3 Å². The molecule has 0 spiro atoms. The van der Waals surface area contributed by atoms with Crippen LogP contribution in [0.15, 0.2) is 54.6 Å². The van der Waals surface area contributed by atoms with E-state index in [1.165, 1.54) is 7.11 Å². The number of hydrogen-bond donors (Lipinski definition) is 0. The zero-order valence-corrected chi connectivity index (χ0v) is 17.9. The van der Waals surface area contributed by atoms with E-state index < -0.39 is 0 Å². The SMILES string of the molecule is COC(=O)c1cc(C)c(-c2c3ccccc3nc3ccc(OC(C)C)cc23)c(C)c1. The van der Waals surface area contributed by atoms with Crippen LogP contribution in [0.4, 0.5) is 0 Å². The fourth-order valence-electron chi connectivity index (χ4n) is 4.08. The molecular weight excluding hydrogens is 374 g/mol. The summed E-state index contributed by atoms with van der Waals surface area (Å²) in [4.78, 5) is 17.0. The first kappa shape index (κ1) is 19.9. The van der Waals surface area contributed by atoms with Gasteiger partial charge >= 0.3 is 5.97 Å². The van der Waals surface area contributed by atoms with Crippen molar-refractivity contribution in [2.45, 2.75) is 33.8 Å². The van der Waals surface area contributed by atoms with Gasteiger partial charge in [-0.3, -0.25) is 0 Å². The molecule has 30 heavy (non-hydrogen) atoms. The third-order valence-electron chi connectivity index (χ3n) is 5.23. The van der Waals surface area contributed by atoms with Crippen LogP contribution in [-0.2, 0) is 4.74 Å². The number of carbonyl (C=O) groups is 1. The van der Waals surface area contributed by atoms with Gasteiger partial charge in [0.2, 0.25) is 0 Å². The zero-order chi connectivity index (χ0) is 21.4. The maximum atomic E-state index is 12.1. The van der Waals surface area contributed by atoms with Crippen molar-refractivity contribution in [3.63, 3.8) is 0 Å². The van der Waals surface area contributed by atoms with Crippen molar-refractivity contribution in [1.29, 1.82) is 0 Å². The summed E-state index contributed by atoms with van der Waals surface area (Å²) in [6.45, 7) is 8.10. The van der Waals surface area contributed by atoms with Gasteiger partial charge in [-0.15, -0.1) is 0 Å². The molecule has 0 aliphatic rings. The van der Waals surface area contributed by atoms with Gasteiger partial charge in [0.1, 0.15) is 5.75 Å². The Kier molecular flexibility index (Phi) is 5.17. The first-order chi connectivity index (χ1) is 14.4. The fraction of sp³-hybridized carbons (Fsp3) is 0.231.